The van der Waals surface area contributed by atoms with Crippen LogP contribution in [0.4, 0.5) is 4.39 Å². The summed E-state index contributed by atoms with van der Waals surface area (Å²) in [5.41, 5.74) is 2.04. The summed E-state index contributed by atoms with van der Waals surface area (Å²) in [6, 6.07) is 10.0. The van der Waals surface area contributed by atoms with Gasteiger partial charge >= 0.3 is 0 Å². The topological polar surface area (TPSA) is 84.1 Å². The predicted octanol–water partition coefficient (Wildman–Crippen LogP) is 3.13. The first kappa shape index (κ1) is 21.4. The Morgan fingerprint density at radius 2 is 2.12 bits per heavy atom. The lowest BCUT2D eigenvalue weighted by atomic mass is 10.1. The molecule has 1 N–H and O–H groups in total. The normalized spacial score (nSPS) is 14.6. The van der Waals surface area contributed by atoms with Crippen molar-refractivity contribution in [2.75, 3.05) is 20.2 Å². The molecule has 0 atom stereocenters. The Bertz CT molecular complexity index is 1510. The molecule has 0 aliphatic carbocycles. The number of aromatic hydroxyl groups is 1. The molecule has 0 spiro atoms. The number of ether oxygens (including phenoxy) is 1. The fourth-order valence-corrected chi connectivity index (χ4v) is 4.82. The number of fused-ring (bicyclic) bond motifs is 1. The summed E-state index contributed by atoms with van der Waals surface area (Å²) in [7, 11) is 1.42. The van der Waals surface area contributed by atoms with Gasteiger partial charge in [0.1, 0.15) is 6.17 Å². The first-order chi connectivity index (χ1) is 15.8. The Morgan fingerprint density at radius 3 is 2.82 bits per heavy atom. The summed E-state index contributed by atoms with van der Waals surface area (Å²) < 4.78 is 20.1. The van der Waals surface area contributed by atoms with E-state index in [1.165, 1.54) is 27.7 Å². The monoisotopic (exact) mass is 485 g/mol. The molecular formula is C23H17ClFN3O4S. The molecule has 3 heterocycles. The van der Waals surface area contributed by atoms with Crippen LogP contribution in [-0.4, -0.2) is 51.7 Å². The van der Waals surface area contributed by atoms with Crippen molar-refractivity contribution in [2.45, 2.75) is 6.17 Å². The number of carbonyl (C=O) groups is 1. The molecule has 1 saturated heterocycles. The third-order valence-electron chi connectivity index (χ3n) is 5.40. The van der Waals surface area contributed by atoms with Crippen LogP contribution in [0.2, 0.25) is 5.02 Å². The molecule has 168 valence electrons. The molecule has 4 aromatic rings. The average Bonchev–Trinajstić information content (AvgIpc) is 3.33. The molecule has 1 fully saturated rings. The number of nitrogens with zero attached hydrogens (tertiary/aromatic N) is 3. The molecule has 0 unspecified atom stereocenters. The molecular weight excluding hydrogens is 469 g/mol. The lowest BCUT2D eigenvalue weighted by molar-refractivity contribution is 0.0400. The second kappa shape index (κ2) is 8.17. The number of phenolic OH excluding ortho intramolecular Hbond substituents is 1. The first-order valence-electron chi connectivity index (χ1n) is 9.98. The molecule has 0 radical (unpaired) electrons. The number of carbonyl (C=O) groups excluding carboxylic acids is 1. The summed E-state index contributed by atoms with van der Waals surface area (Å²) in [5.74, 6) is -0.181. The van der Waals surface area contributed by atoms with E-state index in [1.807, 2.05) is 0 Å². The number of hydrogen-bond donors (Lipinski definition) is 1. The maximum absolute atomic E-state index is 13.1. The standard InChI is InChI=1S/C23H17ClFN3O4S/c1-32-18-6-12(5-16(24)20(18)29)7-19-22(31)28-11-17(26-23(28)33-19)13-3-2-4-14(8-13)21(30)27-9-15(25)10-27/h2-8,11,15,29H,9-10H2,1H3/b19-7-. The van der Waals surface area contributed by atoms with Gasteiger partial charge in [0, 0.05) is 17.3 Å². The van der Waals surface area contributed by atoms with E-state index >= 15 is 0 Å². The van der Waals surface area contributed by atoms with Gasteiger partial charge in [-0.3, -0.25) is 14.0 Å². The van der Waals surface area contributed by atoms with Crippen molar-refractivity contribution >= 4 is 39.9 Å². The van der Waals surface area contributed by atoms with Crippen LogP contribution in [0, 0.1) is 0 Å². The highest BCUT2D eigenvalue weighted by Gasteiger charge is 2.31. The highest BCUT2D eigenvalue weighted by atomic mass is 35.5. The minimum Gasteiger partial charge on any atom is -0.503 e. The van der Waals surface area contributed by atoms with Crippen LogP contribution >= 0.6 is 22.9 Å². The predicted molar refractivity (Wildman–Crippen MR) is 124 cm³/mol. The van der Waals surface area contributed by atoms with Crippen LogP contribution in [0.1, 0.15) is 15.9 Å². The maximum atomic E-state index is 13.1. The number of imidazole rings is 1. The van der Waals surface area contributed by atoms with E-state index in [-0.39, 0.29) is 41.1 Å². The summed E-state index contributed by atoms with van der Waals surface area (Å²) in [5, 5.41) is 10.0. The molecule has 33 heavy (non-hydrogen) atoms. The largest absolute Gasteiger partial charge is 0.503 e. The maximum Gasteiger partial charge on any atom is 0.274 e. The second-order valence-electron chi connectivity index (χ2n) is 7.64. The lowest BCUT2D eigenvalue weighted by Crippen LogP contribution is -2.51. The molecule has 10 heteroatoms. The van der Waals surface area contributed by atoms with Gasteiger partial charge < -0.3 is 14.7 Å². The van der Waals surface area contributed by atoms with Crippen LogP contribution in [-0.2, 0) is 0 Å². The van der Waals surface area contributed by atoms with Crippen molar-refractivity contribution in [3.63, 3.8) is 0 Å². The van der Waals surface area contributed by atoms with E-state index in [0.29, 0.717) is 31.9 Å². The highest BCUT2D eigenvalue weighted by molar-refractivity contribution is 7.15. The summed E-state index contributed by atoms with van der Waals surface area (Å²) in [6.45, 7) is 0.223. The Kier molecular flexibility index (Phi) is 5.30. The molecule has 7 nitrogen and oxygen atoms in total. The van der Waals surface area contributed by atoms with E-state index in [2.05, 4.69) is 4.98 Å². The van der Waals surface area contributed by atoms with Gasteiger partial charge in [0.2, 0.25) is 0 Å². The molecule has 2 aromatic heterocycles. The zero-order valence-electron chi connectivity index (χ0n) is 17.3. The number of amides is 1. The number of thiazole rings is 1. The number of likely N-dealkylation sites (tertiary alicyclic amines) is 1. The van der Waals surface area contributed by atoms with Gasteiger partial charge in [-0.05, 0) is 35.9 Å². The van der Waals surface area contributed by atoms with E-state index in [0.717, 1.165) is 0 Å². The van der Waals surface area contributed by atoms with Gasteiger partial charge in [0.15, 0.2) is 16.5 Å². The molecule has 0 bridgehead atoms. The fraction of sp³-hybridized carbons (Fsp3) is 0.174. The van der Waals surface area contributed by atoms with Gasteiger partial charge in [0.25, 0.3) is 11.5 Å². The Hall–Kier alpha value is -3.43. The summed E-state index contributed by atoms with van der Waals surface area (Å²) in [4.78, 5) is 31.9. The van der Waals surface area contributed by atoms with Crippen molar-refractivity contribution in [1.29, 1.82) is 0 Å². The first-order valence-corrected chi connectivity index (χ1v) is 11.2. The SMILES string of the molecule is COc1cc(/C=c2\sc3nc(-c4cccc(C(=O)N5CC(F)C5)c4)cn3c2=O)cc(Cl)c1O. The van der Waals surface area contributed by atoms with Crippen LogP contribution in [0.25, 0.3) is 22.3 Å². The molecule has 2 aromatic carbocycles. The zero-order chi connectivity index (χ0) is 23.3. The Labute approximate surface area is 195 Å². The average molecular weight is 486 g/mol. The number of hydrogen-bond acceptors (Lipinski definition) is 6. The number of phenols is 1. The number of benzene rings is 2. The molecule has 0 saturated carbocycles. The van der Waals surface area contributed by atoms with Crippen molar-refractivity contribution in [3.05, 3.63) is 73.6 Å². The molecule has 1 aliphatic heterocycles. The highest BCUT2D eigenvalue weighted by Crippen LogP contribution is 2.35. The minimum atomic E-state index is -0.961. The third kappa shape index (κ3) is 3.83. The van der Waals surface area contributed by atoms with Crippen LogP contribution in [0.3, 0.4) is 0 Å². The van der Waals surface area contributed by atoms with Gasteiger partial charge in [0.05, 0.1) is 35.4 Å². The van der Waals surface area contributed by atoms with E-state index < -0.39 is 6.17 Å². The van der Waals surface area contributed by atoms with Gasteiger partial charge in [-0.2, -0.15) is 0 Å². The minimum absolute atomic E-state index is 0.111. The molecule has 1 amide bonds. The van der Waals surface area contributed by atoms with E-state index in [1.54, 1.807) is 48.7 Å². The van der Waals surface area contributed by atoms with Crippen molar-refractivity contribution < 1.29 is 19.0 Å². The fourth-order valence-electron chi connectivity index (χ4n) is 3.64. The van der Waals surface area contributed by atoms with Gasteiger partial charge in [-0.1, -0.05) is 35.1 Å². The number of methoxy groups -OCH3 is 1. The van der Waals surface area contributed by atoms with Crippen LogP contribution < -0.4 is 14.8 Å². The third-order valence-corrected chi connectivity index (χ3v) is 6.67. The quantitative estimate of drug-likeness (QED) is 0.480. The number of alkyl halides is 1. The number of halogens is 2. The van der Waals surface area contributed by atoms with E-state index in [4.69, 9.17) is 16.3 Å². The molecule has 1 aliphatic rings. The van der Waals surface area contributed by atoms with Crippen molar-refractivity contribution in [2.24, 2.45) is 0 Å². The van der Waals surface area contributed by atoms with E-state index in [9.17, 15) is 19.1 Å². The summed E-state index contributed by atoms with van der Waals surface area (Å²) >= 11 is 7.24. The molecule has 5 rings (SSSR count). The lowest BCUT2D eigenvalue weighted by Gasteiger charge is -2.34. The van der Waals surface area contributed by atoms with Crippen molar-refractivity contribution in [1.82, 2.24) is 14.3 Å². The van der Waals surface area contributed by atoms with Crippen LogP contribution in [0.5, 0.6) is 11.5 Å². The van der Waals surface area contributed by atoms with Crippen molar-refractivity contribution in [3.8, 4) is 22.8 Å². The van der Waals surface area contributed by atoms with Crippen LogP contribution in [0.15, 0.2) is 47.4 Å². The van der Waals surface area contributed by atoms with Gasteiger partial charge in [-0.25, -0.2) is 9.37 Å². The Morgan fingerprint density at radius 1 is 1.33 bits per heavy atom. The zero-order valence-corrected chi connectivity index (χ0v) is 18.9. The van der Waals surface area contributed by atoms with Gasteiger partial charge in [-0.15, -0.1) is 0 Å². The number of rotatable bonds is 4. The Balaban J connectivity index is 1.49. The smallest absolute Gasteiger partial charge is 0.274 e. The second-order valence-corrected chi connectivity index (χ2v) is 9.05. The number of aromatic nitrogens is 2. The summed E-state index contributed by atoms with van der Waals surface area (Å²) in [6.07, 6.45) is 2.32.